The summed E-state index contributed by atoms with van der Waals surface area (Å²) in [6.07, 6.45) is 0. The van der Waals surface area contributed by atoms with Gasteiger partial charge in [-0.3, -0.25) is 0 Å². The van der Waals surface area contributed by atoms with Crippen LogP contribution in [0, 0.1) is 6.92 Å². The summed E-state index contributed by atoms with van der Waals surface area (Å²) < 4.78 is 0. The van der Waals surface area contributed by atoms with Crippen molar-refractivity contribution in [2.75, 3.05) is 0 Å². The van der Waals surface area contributed by atoms with E-state index in [9.17, 15) is 0 Å². The standard InChI is InChI=1S/C21H22Si/c1-18-11-9-10-12-19(18)17-22(2,20-13-5-3-6-14-20)21-15-7-4-8-16-21/h3-16H,17H2,1-2H3. The zero-order valence-electron chi connectivity index (χ0n) is 13.3. The molecule has 3 aromatic rings. The predicted octanol–water partition coefficient (Wildman–Crippen LogP) is 3.97. The maximum Gasteiger partial charge on any atom is 0.119 e. The minimum absolute atomic E-state index is 1.15. The van der Waals surface area contributed by atoms with E-state index >= 15 is 0 Å². The second-order valence-corrected chi connectivity index (χ2v) is 10.3. The highest BCUT2D eigenvalue weighted by Gasteiger charge is 2.32. The molecule has 0 amide bonds. The Hall–Kier alpha value is -2.12. The molecule has 110 valence electrons. The summed E-state index contributed by atoms with van der Waals surface area (Å²) in [7, 11) is -1.77. The molecule has 0 fully saturated rings. The van der Waals surface area contributed by atoms with Crippen LogP contribution in [0.5, 0.6) is 0 Å². The third-order valence-electron chi connectivity index (χ3n) is 4.63. The van der Waals surface area contributed by atoms with Gasteiger partial charge in [-0.1, -0.05) is 102 Å². The van der Waals surface area contributed by atoms with Gasteiger partial charge in [-0.05, 0) is 24.1 Å². The van der Waals surface area contributed by atoms with Crippen LogP contribution in [0.4, 0.5) is 0 Å². The highest BCUT2D eigenvalue weighted by atomic mass is 28.3. The molecule has 0 saturated heterocycles. The Morgan fingerprint density at radius 1 is 0.636 bits per heavy atom. The maximum absolute atomic E-state index is 2.49. The van der Waals surface area contributed by atoms with Gasteiger partial charge in [-0.25, -0.2) is 0 Å². The fourth-order valence-electron chi connectivity index (χ4n) is 3.17. The Balaban J connectivity index is 2.10. The molecule has 22 heavy (non-hydrogen) atoms. The summed E-state index contributed by atoms with van der Waals surface area (Å²) in [5.41, 5.74) is 2.87. The van der Waals surface area contributed by atoms with Gasteiger partial charge in [0, 0.05) is 0 Å². The Labute approximate surface area is 134 Å². The number of benzene rings is 3. The van der Waals surface area contributed by atoms with Gasteiger partial charge in [0.05, 0.1) is 0 Å². The Bertz CT molecular complexity index is 693. The highest BCUT2D eigenvalue weighted by molar-refractivity contribution is 7.00. The third kappa shape index (κ3) is 2.90. The largest absolute Gasteiger partial charge is 0.119 e. The van der Waals surface area contributed by atoms with Gasteiger partial charge in [0.1, 0.15) is 8.07 Å². The Morgan fingerprint density at radius 3 is 1.59 bits per heavy atom. The van der Waals surface area contributed by atoms with Crippen LogP contribution in [0.2, 0.25) is 6.55 Å². The lowest BCUT2D eigenvalue weighted by Crippen LogP contribution is -2.57. The molecule has 3 rings (SSSR count). The van der Waals surface area contributed by atoms with Crippen molar-refractivity contribution in [3.05, 3.63) is 96.1 Å². The summed E-state index contributed by atoms with van der Waals surface area (Å²) >= 11 is 0. The third-order valence-corrected chi connectivity index (χ3v) is 8.93. The molecule has 0 nitrogen and oxygen atoms in total. The van der Waals surface area contributed by atoms with Crippen LogP contribution < -0.4 is 10.4 Å². The quantitative estimate of drug-likeness (QED) is 0.640. The molecule has 0 aromatic heterocycles. The SMILES string of the molecule is Cc1ccccc1C[Si](C)(c1ccccc1)c1ccccc1. The van der Waals surface area contributed by atoms with Gasteiger partial charge in [0.2, 0.25) is 0 Å². The average Bonchev–Trinajstić information content (AvgIpc) is 2.58. The molecule has 0 aliphatic carbocycles. The van der Waals surface area contributed by atoms with Crippen molar-refractivity contribution in [3.8, 4) is 0 Å². The van der Waals surface area contributed by atoms with Gasteiger partial charge in [0.25, 0.3) is 0 Å². The van der Waals surface area contributed by atoms with E-state index in [1.165, 1.54) is 21.5 Å². The van der Waals surface area contributed by atoms with E-state index in [1.807, 2.05) is 0 Å². The first-order chi connectivity index (χ1) is 10.7. The number of hydrogen-bond donors (Lipinski definition) is 0. The van der Waals surface area contributed by atoms with Crippen molar-refractivity contribution < 1.29 is 0 Å². The summed E-state index contributed by atoms with van der Waals surface area (Å²) in [5.74, 6) is 0. The van der Waals surface area contributed by atoms with Crippen LogP contribution in [0.15, 0.2) is 84.9 Å². The average molecular weight is 302 g/mol. The van der Waals surface area contributed by atoms with Crippen molar-refractivity contribution in [2.45, 2.75) is 19.5 Å². The van der Waals surface area contributed by atoms with Crippen molar-refractivity contribution in [1.29, 1.82) is 0 Å². The van der Waals surface area contributed by atoms with E-state index in [2.05, 4.69) is 98.4 Å². The molecule has 3 aromatic carbocycles. The van der Waals surface area contributed by atoms with Crippen LogP contribution in [-0.2, 0) is 6.04 Å². The predicted molar refractivity (Wildman–Crippen MR) is 98.7 cm³/mol. The molecule has 0 aliphatic rings. The first-order valence-corrected chi connectivity index (χ1v) is 10.6. The zero-order valence-corrected chi connectivity index (χ0v) is 14.3. The monoisotopic (exact) mass is 302 g/mol. The van der Waals surface area contributed by atoms with E-state index < -0.39 is 8.07 Å². The lowest BCUT2D eigenvalue weighted by molar-refractivity contribution is 1.26. The highest BCUT2D eigenvalue weighted by Crippen LogP contribution is 2.16. The number of rotatable bonds is 4. The molecular formula is C21H22Si. The molecule has 0 atom stereocenters. The second-order valence-electron chi connectivity index (χ2n) is 6.17. The van der Waals surface area contributed by atoms with E-state index in [0.717, 1.165) is 6.04 Å². The van der Waals surface area contributed by atoms with Crippen LogP contribution in [-0.4, -0.2) is 8.07 Å². The molecule has 0 bridgehead atoms. The molecule has 0 heterocycles. The molecule has 0 aliphatic heterocycles. The fraction of sp³-hybridized carbons (Fsp3) is 0.143. The van der Waals surface area contributed by atoms with E-state index in [1.54, 1.807) is 0 Å². The Kier molecular flexibility index (Phi) is 4.26. The minimum atomic E-state index is -1.77. The van der Waals surface area contributed by atoms with Crippen LogP contribution >= 0.6 is 0 Å². The van der Waals surface area contributed by atoms with E-state index in [-0.39, 0.29) is 0 Å². The van der Waals surface area contributed by atoms with Crippen molar-refractivity contribution >= 4 is 18.4 Å². The summed E-state index contributed by atoms with van der Waals surface area (Å²) in [5, 5.41) is 3.01. The van der Waals surface area contributed by atoms with Crippen LogP contribution in [0.25, 0.3) is 0 Å². The zero-order chi connectivity index (χ0) is 15.4. The summed E-state index contributed by atoms with van der Waals surface area (Å²) in [4.78, 5) is 0. The molecule has 0 unspecified atom stereocenters. The van der Waals surface area contributed by atoms with Gasteiger partial charge in [-0.2, -0.15) is 0 Å². The molecular weight excluding hydrogens is 280 g/mol. The molecule has 0 spiro atoms. The van der Waals surface area contributed by atoms with Gasteiger partial charge in [-0.15, -0.1) is 0 Å². The first kappa shape index (κ1) is 14.8. The molecule has 0 N–H and O–H groups in total. The lowest BCUT2D eigenvalue weighted by Gasteiger charge is -2.29. The van der Waals surface area contributed by atoms with Crippen LogP contribution in [0.1, 0.15) is 11.1 Å². The summed E-state index contributed by atoms with van der Waals surface area (Å²) in [6, 6.07) is 32.0. The summed E-state index contributed by atoms with van der Waals surface area (Å²) in [6.45, 7) is 4.71. The molecule has 0 radical (unpaired) electrons. The first-order valence-electron chi connectivity index (χ1n) is 7.86. The van der Waals surface area contributed by atoms with Crippen molar-refractivity contribution in [3.63, 3.8) is 0 Å². The maximum atomic E-state index is 2.49. The van der Waals surface area contributed by atoms with E-state index in [0.29, 0.717) is 0 Å². The number of aryl methyl sites for hydroxylation is 1. The topological polar surface area (TPSA) is 0 Å². The lowest BCUT2D eigenvalue weighted by atomic mass is 10.1. The van der Waals surface area contributed by atoms with Crippen LogP contribution in [0.3, 0.4) is 0 Å². The van der Waals surface area contributed by atoms with Crippen molar-refractivity contribution in [2.24, 2.45) is 0 Å². The van der Waals surface area contributed by atoms with Gasteiger partial charge in [0.15, 0.2) is 0 Å². The minimum Gasteiger partial charge on any atom is -0.0626 e. The second kappa shape index (κ2) is 6.33. The normalized spacial score (nSPS) is 11.4. The molecule has 0 saturated carbocycles. The van der Waals surface area contributed by atoms with Gasteiger partial charge < -0.3 is 0 Å². The van der Waals surface area contributed by atoms with E-state index in [4.69, 9.17) is 0 Å². The number of hydrogen-bond acceptors (Lipinski definition) is 0. The van der Waals surface area contributed by atoms with Crippen molar-refractivity contribution in [1.82, 2.24) is 0 Å². The smallest absolute Gasteiger partial charge is 0.0626 e. The molecule has 1 heteroatoms. The Morgan fingerprint density at radius 2 is 1.09 bits per heavy atom. The fourth-order valence-corrected chi connectivity index (χ4v) is 6.93. The van der Waals surface area contributed by atoms with Gasteiger partial charge >= 0.3 is 0 Å².